The van der Waals surface area contributed by atoms with Crippen molar-refractivity contribution in [2.75, 3.05) is 25.9 Å². The van der Waals surface area contributed by atoms with E-state index >= 15 is 0 Å². The molecule has 1 atom stereocenters. The molecule has 0 aromatic carbocycles. The molecule has 2 aliphatic rings. The van der Waals surface area contributed by atoms with Crippen LogP contribution in [0.4, 0.5) is 0 Å². The van der Waals surface area contributed by atoms with E-state index in [0.29, 0.717) is 38.4 Å². The Morgan fingerprint density at radius 2 is 1.95 bits per heavy atom. The fraction of sp³-hybridized carbons (Fsp3) is 0.929. The lowest BCUT2D eigenvalue weighted by molar-refractivity contribution is -0.122. The number of carbonyl (C=O) groups excluding carboxylic acids is 1. The summed E-state index contributed by atoms with van der Waals surface area (Å²) in [6.45, 7) is 2.08. The summed E-state index contributed by atoms with van der Waals surface area (Å²) in [7, 11) is -3.09. The van der Waals surface area contributed by atoms with E-state index in [4.69, 9.17) is 0 Å². The molecule has 0 spiro atoms. The predicted octanol–water partition coefficient (Wildman–Crippen LogP) is 0.449. The molecule has 0 bridgehead atoms. The molecule has 0 aliphatic carbocycles. The second kappa shape index (κ2) is 7.56. The Morgan fingerprint density at radius 3 is 2.52 bits per heavy atom. The highest BCUT2D eigenvalue weighted by Gasteiger charge is 2.25. The van der Waals surface area contributed by atoms with Gasteiger partial charge < -0.3 is 10.6 Å². The van der Waals surface area contributed by atoms with Gasteiger partial charge in [-0.3, -0.25) is 4.79 Å². The van der Waals surface area contributed by atoms with E-state index in [1.54, 1.807) is 0 Å². The number of hydrogen-bond acceptors (Lipinski definition) is 4. The smallest absolute Gasteiger partial charge is 0.220 e. The lowest BCUT2D eigenvalue weighted by atomic mass is 10.00. The van der Waals surface area contributed by atoms with Gasteiger partial charge in [0.25, 0.3) is 0 Å². The van der Waals surface area contributed by atoms with Crippen LogP contribution in [-0.2, 0) is 14.8 Å². The van der Waals surface area contributed by atoms with Gasteiger partial charge >= 0.3 is 0 Å². The molecule has 0 aromatic rings. The number of amides is 1. The van der Waals surface area contributed by atoms with E-state index in [-0.39, 0.29) is 11.9 Å². The van der Waals surface area contributed by atoms with Crippen molar-refractivity contribution in [3.05, 3.63) is 0 Å². The highest BCUT2D eigenvalue weighted by Crippen LogP contribution is 2.14. The van der Waals surface area contributed by atoms with Gasteiger partial charge in [0.15, 0.2) is 0 Å². The third-order valence-electron chi connectivity index (χ3n) is 4.42. The number of sulfonamides is 1. The number of carbonyl (C=O) groups is 1. The molecular formula is C14H27N3O3S. The lowest BCUT2D eigenvalue weighted by Crippen LogP contribution is -2.46. The van der Waals surface area contributed by atoms with Crippen LogP contribution in [0.2, 0.25) is 0 Å². The molecule has 21 heavy (non-hydrogen) atoms. The van der Waals surface area contributed by atoms with Gasteiger partial charge in [0.05, 0.1) is 6.26 Å². The van der Waals surface area contributed by atoms with Crippen LogP contribution in [0.15, 0.2) is 0 Å². The first kappa shape index (κ1) is 16.7. The Labute approximate surface area is 127 Å². The average molecular weight is 317 g/mol. The Balaban J connectivity index is 1.65. The largest absolute Gasteiger partial charge is 0.353 e. The predicted molar refractivity (Wildman–Crippen MR) is 82.5 cm³/mol. The van der Waals surface area contributed by atoms with E-state index in [1.807, 2.05) is 0 Å². The maximum atomic E-state index is 12.0. The van der Waals surface area contributed by atoms with E-state index < -0.39 is 10.0 Å². The van der Waals surface area contributed by atoms with Crippen molar-refractivity contribution in [2.45, 2.75) is 57.0 Å². The molecule has 2 rings (SSSR count). The lowest BCUT2D eigenvalue weighted by Gasteiger charge is -2.31. The molecule has 2 N–H and O–H groups in total. The summed E-state index contributed by atoms with van der Waals surface area (Å²) in [5, 5.41) is 6.49. The second-order valence-electron chi connectivity index (χ2n) is 6.19. The summed E-state index contributed by atoms with van der Waals surface area (Å²) in [4.78, 5) is 12.0. The summed E-state index contributed by atoms with van der Waals surface area (Å²) in [5.41, 5.74) is 0. The zero-order chi connectivity index (χ0) is 15.3. The van der Waals surface area contributed by atoms with Crippen LogP contribution in [0, 0.1) is 0 Å². The van der Waals surface area contributed by atoms with Crippen LogP contribution in [0.5, 0.6) is 0 Å². The van der Waals surface area contributed by atoms with Gasteiger partial charge in [-0.05, 0) is 38.6 Å². The number of rotatable bonds is 5. The van der Waals surface area contributed by atoms with Crippen LogP contribution in [0.25, 0.3) is 0 Å². The third-order valence-corrected chi connectivity index (χ3v) is 5.72. The van der Waals surface area contributed by atoms with Gasteiger partial charge in [-0.2, -0.15) is 0 Å². The molecule has 2 saturated heterocycles. The monoisotopic (exact) mass is 317 g/mol. The Bertz CT molecular complexity index is 438. The van der Waals surface area contributed by atoms with Gasteiger partial charge in [0.1, 0.15) is 0 Å². The highest BCUT2D eigenvalue weighted by atomic mass is 32.2. The first-order chi connectivity index (χ1) is 9.95. The van der Waals surface area contributed by atoms with Crippen molar-refractivity contribution in [2.24, 2.45) is 0 Å². The second-order valence-corrected chi connectivity index (χ2v) is 8.17. The topological polar surface area (TPSA) is 78.5 Å². The van der Waals surface area contributed by atoms with Crippen LogP contribution < -0.4 is 10.6 Å². The van der Waals surface area contributed by atoms with Crippen molar-refractivity contribution >= 4 is 15.9 Å². The van der Waals surface area contributed by atoms with Gasteiger partial charge in [0.2, 0.25) is 15.9 Å². The quantitative estimate of drug-likeness (QED) is 0.772. The van der Waals surface area contributed by atoms with Gasteiger partial charge in [-0.1, -0.05) is 6.42 Å². The minimum Gasteiger partial charge on any atom is -0.353 e. The van der Waals surface area contributed by atoms with Gasteiger partial charge in [-0.15, -0.1) is 0 Å². The maximum absolute atomic E-state index is 12.0. The molecule has 0 aromatic heterocycles. The number of nitrogens with one attached hydrogen (secondary N) is 2. The van der Waals surface area contributed by atoms with E-state index in [1.165, 1.54) is 29.8 Å². The van der Waals surface area contributed by atoms with Crippen molar-refractivity contribution < 1.29 is 13.2 Å². The van der Waals surface area contributed by atoms with Crippen molar-refractivity contribution in [3.63, 3.8) is 0 Å². The van der Waals surface area contributed by atoms with Crippen LogP contribution in [0.3, 0.4) is 0 Å². The van der Waals surface area contributed by atoms with Gasteiger partial charge in [-0.25, -0.2) is 12.7 Å². The first-order valence-corrected chi connectivity index (χ1v) is 9.78. The number of piperidine rings is 2. The zero-order valence-electron chi connectivity index (χ0n) is 12.8. The normalized spacial score (nSPS) is 25.7. The number of hydrogen-bond donors (Lipinski definition) is 2. The van der Waals surface area contributed by atoms with Gasteiger partial charge in [0, 0.05) is 31.6 Å². The molecule has 6 nitrogen and oxygen atoms in total. The fourth-order valence-electron chi connectivity index (χ4n) is 3.11. The summed E-state index contributed by atoms with van der Waals surface area (Å²) >= 11 is 0. The molecule has 1 unspecified atom stereocenters. The Morgan fingerprint density at radius 1 is 1.24 bits per heavy atom. The average Bonchev–Trinajstić information content (AvgIpc) is 2.46. The molecule has 122 valence electrons. The molecule has 2 aliphatic heterocycles. The molecule has 2 heterocycles. The molecule has 0 saturated carbocycles. The minimum atomic E-state index is -3.09. The van der Waals surface area contributed by atoms with Crippen molar-refractivity contribution in [1.29, 1.82) is 0 Å². The molecule has 1 amide bonds. The molecular weight excluding hydrogens is 290 g/mol. The Hall–Kier alpha value is -0.660. The fourth-order valence-corrected chi connectivity index (χ4v) is 3.98. The molecule has 0 radical (unpaired) electrons. The minimum absolute atomic E-state index is 0.0974. The number of nitrogens with zero attached hydrogens (tertiary/aromatic N) is 1. The zero-order valence-corrected chi connectivity index (χ0v) is 13.6. The first-order valence-electron chi connectivity index (χ1n) is 7.93. The summed E-state index contributed by atoms with van der Waals surface area (Å²) in [6, 6.07) is 0.603. The summed E-state index contributed by atoms with van der Waals surface area (Å²) in [6.07, 6.45) is 7.77. The van der Waals surface area contributed by atoms with E-state index in [0.717, 1.165) is 13.0 Å². The van der Waals surface area contributed by atoms with Crippen molar-refractivity contribution in [3.8, 4) is 0 Å². The maximum Gasteiger partial charge on any atom is 0.220 e. The Kier molecular flexibility index (Phi) is 6.01. The van der Waals surface area contributed by atoms with Crippen LogP contribution >= 0.6 is 0 Å². The van der Waals surface area contributed by atoms with E-state index in [9.17, 15) is 13.2 Å². The highest BCUT2D eigenvalue weighted by molar-refractivity contribution is 7.88. The summed E-state index contributed by atoms with van der Waals surface area (Å²) in [5.74, 6) is 0.0974. The molecule has 7 heteroatoms. The molecule has 2 fully saturated rings. The standard InChI is InChI=1S/C14H27N3O3S/c1-21(19,20)17-10-7-13(8-11-17)16-14(18)6-5-12-4-2-3-9-15-12/h12-13,15H,2-11H2,1H3,(H,16,18). The van der Waals surface area contributed by atoms with Crippen molar-refractivity contribution in [1.82, 2.24) is 14.9 Å². The van der Waals surface area contributed by atoms with Crippen LogP contribution in [-0.4, -0.2) is 56.6 Å². The van der Waals surface area contributed by atoms with E-state index in [2.05, 4.69) is 10.6 Å². The SMILES string of the molecule is CS(=O)(=O)N1CCC(NC(=O)CCC2CCCCN2)CC1. The summed E-state index contributed by atoms with van der Waals surface area (Å²) < 4.78 is 24.3. The van der Waals surface area contributed by atoms with Crippen LogP contribution in [0.1, 0.15) is 44.9 Å². The third kappa shape index (κ3) is 5.56.